The molecule has 1 amide bonds. The number of nitrogens with zero attached hydrogens (tertiary/aromatic N) is 4. The highest BCUT2D eigenvalue weighted by atomic mass is 16.5. The van der Waals surface area contributed by atoms with Crippen LogP contribution in [-0.2, 0) is 22.6 Å². The molecular weight excluding hydrogens is 346 g/mol. The maximum absolute atomic E-state index is 12.1. The Kier molecular flexibility index (Phi) is 6.54. The summed E-state index contributed by atoms with van der Waals surface area (Å²) in [5.41, 5.74) is 1.65. The molecule has 1 saturated heterocycles. The first kappa shape index (κ1) is 19.0. The van der Waals surface area contributed by atoms with Gasteiger partial charge < -0.3 is 15.0 Å². The van der Waals surface area contributed by atoms with Crippen molar-refractivity contribution in [2.75, 3.05) is 20.2 Å². The van der Waals surface area contributed by atoms with Crippen LogP contribution in [0.25, 0.3) is 0 Å². The van der Waals surface area contributed by atoms with Crippen molar-refractivity contribution >= 4 is 11.9 Å². The molecule has 1 aromatic carbocycles. The number of carbonyl (C=O) groups is 2. The second kappa shape index (κ2) is 9.27. The smallest absolute Gasteiger partial charge is 0.337 e. The Morgan fingerprint density at radius 2 is 2.11 bits per heavy atom. The molecule has 27 heavy (non-hydrogen) atoms. The summed E-state index contributed by atoms with van der Waals surface area (Å²) in [5, 5.41) is 7.50. The van der Waals surface area contributed by atoms with Gasteiger partial charge in [0.2, 0.25) is 5.91 Å². The van der Waals surface area contributed by atoms with Crippen LogP contribution in [0.15, 0.2) is 36.9 Å². The number of benzene rings is 1. The second-order valence-corrected chi connectivity index (χ2v) is 6.59. The Labute approximate surface area is 158 Å². The Balaban J connectivity index is 1.41. The normalized spacial score (nSPS) is 16.7. The van der Waals surface area contributed by atoms with E-state index in [9.17, 15) is 9.59 Å². The van der Waals surface area contributed by atoms with Crippen molar-refractivity contribution in [1.29, 1.82) is 0 Å². The molecule has 8 nitrogen and oxygen atoms in total. The summed E-state index contributed by atoms with van der Waals surface area (Å²) in [7, 11) is 1.38. The molecule has 0 unspecified atom stereocenters. The van der Waals surface area contributed by atoms with Gasteiger partial charge in [-0.15, -0.1) is 0 Å². The molecule has 0 aliphatic carbocycles. The van der Waals surface area contributed by atoms with E-state index in [4.69, 9.17) is 4.74 Å². The lowest BCUT2D eigenvalue weighted by atomic mass is 10.1. The van der Waals surface area contributed by atoms with Gasteiger partial charge in [-0.3, -0.25) is 9.48 Å². The number of rotatable bonds is 9. The molecule has 1 fully saturated rings. The Hall–Kier alpha value is -2.74. The van der Waals surface area contributed by atoms with Crippen LogP contribution < -0.4 is 5.32 Å². The van der Waals surface area contributed by atoms with Crippen LogP contribution in [0, 0.1) is 0 Å². The van der Waals surface area contributed by atoms with Gasteiger partial charge in [-0.2, -0.15) is 5.10 Å². The van der Waals surface area contributed by atoms with Gasteiger partial charge >= 0.3 is 5.97 Å². The van der Waals surface area contributed by atoms with Crippen LogP contribution in [0.1, 0.15) is 35.2 Å². The van der Waals surface area contributed by atoms with E-state index < -0.39 is 0 Å². The zero-order valence-electron chi connectivity index (χ0n) is 15.5. The van der Waals surface area contributed by atoms with E-state index in [0.717, 1.165) is 31.5 Å². The van der Waals surface area contributed by atoms with Crippen molar-refractivity contribution < 1.29 is 14.3 Å². The van der Waals surface area contributed by atoms with E-state index in [1.165, 1.54) is 13.4 Å². The summed E-state index contributed by atoms with van der Waals surface area (Å²) in [6, 6.07) is 7.65. The van der Waals surface area contributed by atoms with E-state index >= 15 is 0 Å². The van der Waals surface area contributed by atoms with Crippen molar-refractivity contribution in [2.45, 2.75) is 38.4 Å². The molecule has 0 spiro atoms. The lowest BCUT2D eigenvalue weighted by molar-refractivity contribution is -0.129. The fourth-order valence-corrected chi connectivity index (χ4v) is 3.34. The van der Waals surface area contributed by atoms with Crippen molar-refractivity contribution in [3.8, 4) is 0 Å². The molecule has 0 bridgehead atoms. The SMILES string of the molecule is COC(=O)c1ccc(CNCC[C@H]2CCC(=O)N2CCn2cncn2)cc1. The molecule has 8 heteroatoms. The van der Waals surface area contributed by atoms with Crippen LogP contribution in [0.4, 0.5) is 0 Å². The lowest BCUT2D eigenvalue weighted by Gasteiger charge is -2.25. The topological polar surface area (TPSA) is 89.4 Å². The number of likely N-dealkylation sites (tertiary alicyclic amines) is 1. The number of aromatic nitrogens is 3. The second-order valence-electron chi connectivity index (χ2n) is 6.59. The predicted molar refractivity (Wildman–Crippen MR) is 98.9 cm³/mol. The molecule has 0 saturated carbocycles. The lowest BCUT2D eigenvalue weighted by Crippen LogP contribution is -2.37. The fraction of sp³-hybridized carbons (Fsp3) is 0.474. The summed E-state index contributed by atoms with van der Waals surface area (Å²) in [5.74, 6) is -0.107. The third-order valence-corrected chi connectivity index (χ3v) is 4.85. The Morgan fingerprint density at radius 3 is 2.81 bits per heavy atom. The number of methoxy groups -OCH3 is 1. The average molecular weight is 371 g/mol. The number of amides is 1. The van der Waals surface area contributed by atoms with Crippen molar-refractivity contribution in [2.24, 2.45) is 0 Å². The molecule has 1 aliphatic heterocycles. The number of nitrogens with one attached hydrogen (secondary N) is 1. The van der Waals surface area contributed by atoms with Gasteiger partial charge in [0.15, 0.2) is 0 Å². The summed E-state index contributed by atoms with van der Waals surface area (Å²) in [6.07, 6.45) is 5.62. The summed E-state index contributed by atoms with van der Waals surface area (Å²) < 4.78 is 6.45. The molecule has 2 aromatic rings. The van der Waals surface area contributed by atoms with Crippen molar-refractivity contribution in [1.82, 2.24) is 25.0 Å². The number of hydrogen-bond acceptors (Lipinski definition) is 6. The fourth-order valence-electron chi connectivity index (χ4n) is 3.34. The van der Waals surface area contributed by atoms with E-state index in [2.05, 4.69) is 15.4 Å². The molecule has 1 atom stereocenters. The monoisotopic (exact) mass is 371 g/mol. The van der Waals surface area contributed by atoms with E-state index in [-0.39, 0.29) is 17.9 Å². The Bertz CT molecular complexity index is 745. The molecule has 1 N–H and O–H groups in total. The minimum Gasteiger partial charge on any atom is -0.465 e. The molecule has 3 rings (SSSR count). The van der Waals surface area contributed by atoms with Crippen molar-refractivity contribution in [3.05, 3.63) is 48.0 Å². The maximum Gasteiger partial charge on any atom is 0.337 e. The van der Waals surface area contributed by atoms with E-state index in [0.29, 0.717) is 25.1 Å². The molecule has 2 heterocycles. The first-order chi connectivity index (χ1) is 13.2. The molecule has 0 radical (unpaired) electrons. The highest BCUT2D eigenvalue weighted by Crippen LogP contribution is 2.21. The van der Waals surface area contributed by atoms with E-state index in [1.807, 2.05) is 17.0 Å². The molecule has 1 aromatic heterocycles. The van der Waals surface area contributed by atoms with Gasteiger partial charge in [-0.05, 0) is 37.1 Å². The Morgan fingerprint density at radius 1 is 1.30 bits per heavy atom. The number of hydrogen-bond donors (Lipinski definition) is 1. The van der Waals surface area contributed by atoms with Crippen LogP contribution >= 0.6 is 0 Å². The van der Waals surface area contributed by atoms with Gasteiger partial charge in [-0.1, -0.05) is 12.1 Å². The summed E-state index contributed by atoms with van der Waals surface area (Å²) in [4.78, 5) is 29.5. The van der Waals surface area contributed by atoms with E-state index in [1.54, 1.807) is 23.1 Å². The van der Waals surface area contributed by atoms with Crippen molar-refractivity contribution in [3.63, 3.8) is 0 Å². The number of carbonyl (C=O) groups excluding carboxylic acids is 2. The number of esters is 1. The number of ether oxygens (including phenoxy) is 1. The minimum absolute atomic E-state index is 0.221. The summed E-state index contributed by atoms with van der Waals surface area (Å²) in [6.45, 7) is 2.89. The van der Waals surface area contributed by atoms with Gasteiger partial charge in [0.05, 0.1) is 19.2 Å². The highest BCUT2D eigenvalue weighted by Gasteiger charge is 2.29. The van der Waals surface area contributed by atoms with Crippen LogP contribution in [0.5, 0.6) is 0 Å². The van der Waals surface area contributed by atoms with Crippen LogP contribution in [-0.4, -0.2) is 57.8 Å². The third-order valence-electron chi connectivity index (χ3n) is 4.85. The average Bonchev–Trinajstić information content (AvgIpc) is 3.33. The van der Waals surface area contributed by atoms with Gasteiger partial charge in [0, 0.05) is 25.6 Å². The predicted octanol–water partition coefficient (Wildman–Crippen LogP) is 1.24. The first-order valence-electron chi connectivity index (χ1n) is 9.17. The zero-order valence-corrected chi connectivity index (χ0v) is 15.5. The first-order valence-corrected chi connectivity index (χ1v) is 9.17. The maximum atomic E-state index is 12.1. The molecule has 144 valence electrons. The van der Waals surface area contributed by atoms with Crippen LogP contribution in [0.3, 0.4) is 0 Å². The summed E-state index contributed by atoms with van der Waals surface area (Å²) >= 11 is 0. The third kappa shape index (κ3) is 5.13. The molecule has 1 aliphatic rings. The highest BCUT2D eigenvalue weighted by molar-refractivity contribution is 5.89. The van der Waals surface area contributed by atoms with Gasteiger partial charge in [-0.25, -0.2) is 9.78 Å². The molecular formula is C19H25N5O3. The quantitative estimate of drug-likeness (QED) is 0.527. The standard InChI is InChI=1S/C19H25N5O3/c1-27-19(26)16-4-2-15(3-5-16)12-20-9-8-17-6-7-18(25)24(17)11-10-23-14-21-13-22-23/h2-5,13-14,17,20H,6-12H2,1H3/t17-/m1/s1. The zero-order chi connectivity index (χ0) is 19.1. The largest absolute Gasteiger partial charge is 0.465 e. The van der Waals surface area contributed by atoms with Gasteiger partial charge in [0.1, 0.15) is 12.7 Å². The van der Waals surface area contributed by atoms with Gasteiger partial charge in [0.25, 0.3) is 0 Å². The minimum atomic E-state index is -0.327. The van der Waals surface area contributed by atoms with Crippen LogP contribution in [0.2, 0.25) is 0 Å².